The smallest absolute Gasteiger partial charge is 0.226 e. The molecule has 0 saturated carbocycles. The van der Waals surface area contributed by atoms with Gasteiger partial charge in [-0.2, -0.15) is 0 Å². The number of nitrogens with one attached hydrogen (secondary N) is 3. The molecular formula is C25H36IN5O. The maximum absolute atomic E-state index is 11.8. The number of hydrogen-bond acceptors (Lipinski definition) is 3. The van der Waals surface area contributed by atoms with E-state index >= 15 is 0 Å². The average molecular weight is 550 g/mol. The molecule has 1 saturated heterocycles. The molecule has 2 aromatic carbocycles. The van der Waals surface area contributed by atoms with Crippen LogP contribution in [-0.2, 0) is 11.3 Å². The van der Waals surface area contributed by atoms with Gasteiger partial charge < -0.3 is 16.0 Å². The minimum atomic E-state index is -0.0315. The van der Waals surface area contributed by atoms with Crippen LogP contribution >= 0.6 is 24.0 Å². The van der Waals surface area contributed by atoms with Crippen LogP contribution in [-0.4, -0.2) is 43.4 Å². The second kappa shape index (κ2) is 13.4. The summed E-state index contributed by atoms with van der Waals surface area (Å²) in [7, 11) is 1.80. The summed E-state index contributed by atoms with van der Waals surface area (Å²) in [6.45, 7) is 7.54. The predicted octanol–water partition coefficient (Wildman–Crippen LogP) is 4.40. The fraction of sp³-hybridized carbons (Fsp3) is 0.440. The maximum atomic E-state index is 11.8. The molecule has 0 bridgehead atoms. The Labute approximate surface area is 209 Å². The van der Waals surface area contributed by atoms with Crippen LogP contribution in [0.5, 0.6) is 0 Å². The van der Waals surface area contributed by atoms with Gasteiger partial charge >= 0.3 is 0 Å². The second-order valence-electron chi connectivity index (χ2n) is 8.32. The van der Waals surface area contributed by atoms with Crippen molar-refractivity contribution in [1.29, 1.82) is 0 Å². The number of carbonyl (C=O) groups excluding carboxylic acids is 1. The minimum Gasteiger partial charge on any atom is -0.354 e. The van der Waals surface area contributed by atoms with Crippen molar-refractivity contribution in [2.24, 2.45) is 10.9 Å². The van der Waals surface area contributed by atoms with E-state index in [9.17, 15) is 4.79 Å². The van der Waals surface area contributed by atoms with E-state index in [0.29, 0.717) is 12.6 Å². The summed E-state index contributed by atoms with van der Waals surface area (Å²) >= 11 is 0. The van der Waals surface area contributed by atoms with Crippen molar-refractivity contribution in [2.45, 2.75) is 39.3 Å². The lowest BCUT2D eigenvalue weighted by Gasteiger charge is -2.29. The predicted molar refractivity (Wildman–Crippen MR) is 144 cm³/mol. The number of guanidine groups is 1. The van der Waals surface area contributed by atoms with Gasteiger partial charge in [0.05, 0.1) is 6.04 Å². The topological polar surface area (TPSA) is 68.8 Å². The third-order valence-electron chi connectivity index (χ3n) is 5.66. The molecule has 2 aromatic rings. The standard InChI is InChI=1S/C25H35N5O.HI/c1-19(2)24(31)29-22-13-11-20(12-14-22)17-27-25(26-3)28-18-23(30-15-7-8-16-30)21-9-5-4-6-10-21;/h4-6,9-14,19,23H,7-8,15-18H2,1-3H3,(H,29,31)(H2,26,27,28);1H. The second-order valence-corrected chi connectivity index (χ2v) is 8.32. The Kier molecular flexibility index (Phi) is 11.0. The van der Waals surface area contributed by atoms with Crippen molar-refractivity contribution in [3.05, 3.63) is 65.7 Å². The van der Waals surface area contributed by atoms with Crippen molar-refractivity contribution in [3.8, 4) is 0 Å². The summed E-state index contributed by atoms with van der Waals surface area (Å²) in [6.07, 6.45) is 2.54. The lowest BCUT2D eigenvalue weighted by atomic mass is 10.1. The lowest BCUT2D eigenvalue weighted by Crippen LogP contribution is -2.42. The molecule has 3 N–H and O–H groups in total. The fourth-order valence-electron chi connectivity index (χ4n) is 3.78. The number of carbonyl (C=O) groups is 1. The van der Waals surface area contributed by atoms with Gasteiger partial charge in [-0.3, -0.25) is 14.7 Å². The molecule has 0 aromatic heterocycles. The Hall–Kier alpha value is -2.13. The minimum absolute atomic E-state index is 0. The van der Waals surface area contributed by atoms with Gasteiger partial charge in [-0.05, 0) is 49.2 Å². The molecule has 7 heteroatoms. The average Bonchev–Trinajstić information content (AvgIpc) is 3.32. The molecule has 3 rings (SSSR count). The third kappa shape index (κ3) is 7.78. The number of amides is 1. The molecule has 174 valence electrons. The highest BCUT2D eigenvalue weighted by Crippen LogP contribution is 2.24. The van der Waals surface area contributed by atoms with Crippen LogP contribution in [0.2, 0.25) is 0 Å². The van der Waals surface area contributed by atoms with Crippen LogP contribution in [0.25, 0.3) is 0 Å². The molecule has 0 spiro atoms. The van der Waals surface area contributed by atoms with Crippen molar-refractivity contribution < 1.29 is 4.79 Å². The summed E-state index contributed by atoms with van der Waals surface area (Å²) in [4.78, 5) is 18.8. The van der Waals surface area contributed by atoms with Crippen molar-refractivity contribution in [3.63, 3.8) is 0 Å². The molecule has 1 heterocycles. The Bertz CT molecular complexity index is 848. The molecule has 1 aliphatic heterocycles. The highest BCUT2D eigenvalue weighted by atomic mass is 127. The van der Waals surface area contributed by atoms with Crippen LogP contribution in [0.3, 0.4) is 0 Å². The number of hydrogen-bond donors (Lipinski definition) is 3. The molecule has 0 aliphatic carbocycles. The number of nitrogens with zero attached hydrogens (tertiary/aromatic N) is 2. The Balaban J connectivity index is 0.00000363. The molecule has 1 amide bonds. The van der Waals surface area contributed by atoms with E-state index in [4.69, 9.17) is 0 Å². The molecule has 1 atom stereocenters. The van der Waals surface area contributed by atoms with Gasteiger partial charge in [0.25, 0.3) is 0 Å². The van der Waals surface area contributed by atoms with E-state index in [1.54, 1.807) is 7.05 Å². The number of likely N-dealkylation sites (tertiary alicyclic amines) is 1. The Morgan fingerprint density at radius 2 is 1.66 bits per heavy atom. The van der Waals surface area contributed by atoms with E-state index in [0.717, 1.165) is 36.8 Å². The Morgan fingerprint density at radius 1 is 1.00 bits per heavy atom. The van der Waals surface area contributed by atoms with Gasteiger partial charge in [-0.15, -0.1) is 24.0 Å². The first-order valence-corrected chi connectivity index (χ1v) is 11.2. The van der Waals surface area contributed by atoms with Crippen LogP contribution in [0, 0.1) is 5.92 Å². The Morgan fingerprint density at radius 3 is 2.25 bits per heavy atom. The van der Waals surface area contributed by atoms with Gasteiger partial charge in [-0.25, -0.2) is 0 Å². The van der Waals surface area contributed by atoms with Gasteiger partial charge in [0, 0.05) is 31.7 Å². The van der Waals surface area contributed by atoms with Crippen LogP contribution < -0.4 is 16.0 Å². The van der Waals surface area contributed by atoms with Crippen LogP contribution in [0.1, 0.15) is 43.9 Å². The van der Waals surface area contributed by atoms with E-state index in [1.807, 2.05) is 38.1 Å². The van der Waals surface area contributed by atoms with Crippen LogP contribution in [0.15, 0.2) is 59.6 Å². The maximum Gasteiger partial charge on any atom is 0.226 e. The molecule has 0 radical (unpaired) electrons. The molecule has 1 fully saturated rings. The summed E-state index contributed by atoms with van der Waals surface area (Å²) in [5.41, 5.74) is 3.29. The normalized spacial score (nSPS) is 15.2. The monoisotopic (exact) mass is 549 g/mol. The van der Waals surface area contributed by atoms with Gasteiger partial charge in [0.15, 0.2) is 5.96 Å². The summed E-state index contributed by atoms with van der Waals surface area (Å²) < 4.78 is 0. The molecular weight excluding hydrogens is 513 g/mol. The SMILES string of the molecule is CN=C(NCc1ccc(NC(=O)C(C)C)cc1)NCC(c1ccccc1)N1CCCC1.I. The quantitative estimate of drug-likeness (QED) is 0.260. The lowest BCUT2D eigenvalue weighted by molar-refractivity contribution is -0.118. The van der Waals surface area contributed by atoms with E-state index < -0.39 is 0 Å². The summed E-state index contributed by atoms with van der Waals surface area (Å²) in [5.74, 6) is 0.787. The first-order chi connectivity index (χ1) is 15.1. The number of aliphatic imine (C=N–C) groups is 1. The number of benzene rings is 2. The summed E-state index contributed by atoms with van der Waals surface area (Å²) in [5, 5.41) is 9.82. The highest BCUT2D eigenvalue weighted by molar-refractivity contribution is 14.0. The van der Waals surface area contributed by atoms with Crippen molar-refractivity contribution in [1.82, 2.24) is 15.5 Å². The van der Waals surface area contributed by atoms with Gasteiger partial charge in [-0.1, -0.05) is 56.3 Å². The van der Waals surface area contributed by atoms with Crippen LogP contribution in [0.4, 0.5) is 5.69 Å². The van der Waals surface area contributed by atoms with Gasteiger partial charge in [0.1, 0.15) is 0 Å². The third-order valence-corrected chi connectivity index (χ3v) is 5.66. The zero-order valence-corrected chi connectivity index (χ0v) is 21.6. The fourth-order valence-corrected chi connectivity index (χ4v) is 3.78. The van der Waals surface area contributed by atoms with E-state index in [-0.39, 0.29) is 35.8 Å². The highest BCUT2D eigenvalue weighted by Gasteiger charge is 2.23. The first-order valence-electron chi connectivity index (χ1n) is 11.2. The largest absolute Gasteiger partial charge is 0.354 e. The molecule has 1 aliphatic rings. The van der Waals surface area contributed by atoms with E-state index in [1.165, 1.54) is 18.4 Å². The molecule has 32 heavy (non-hydrogen) atoms. The first kappa shape index (κ1) is 26.1. The molecule has 1 unspecified atom stereocenters. The zero-order chi connectivity index (χ0) is 22.1. The van der Waals surface area contributed by atoms with Crippen molar-refractivity contribution in [2.75, 3.05) is 32.0 Å². The molecule has 6 nitrogen and oxygen atoms in total. The van der Waals surface area contributed by atoms with Gasteiger partial charge in [0.2, 0.25) is 5.91 Å². The number of rotatable bonds is 8. The van der Waals surface area contributed by atoms with E-state index in [2.05, 4.69) is 56.2 Å². The number of anilines is 1. The summed E-state index contributed by atoms with van der Waals surface area (Å²) in [6, 6.07) is 19.0. The van der Waals surface area contributed by atoms with Crippen molar-refractivity contribution >= 4 is 41.5 Å². The number of halogens is 1. The zero-order valence-electron chi connectivity index (χ0n) is 19.3.